The van der Waals surface area contributed by atoms with Crippen LogP contribution < -0.4 is 5.32 Å². The highest BCUT2D eigenvalue weighted by molar-refractivity contribution is 6.05. The monoisotopic (exact) mass is 298 g/mol. The molecular weight excluding hydrogens is 280 g/mol. The second-order valence-corrected chi connectivity index (χ2v) is 5.79. The molecule has 1 saturated heterocycles. The zero-order valence-corrected chi connectivity index (χ0v) is 12.4. The van der Waals surface area contributed by atoms with Crippen LogP contribution >= 0.6 is 0 Å². The second-order valence-electron chi connectivity index (χ2n) is 5.79. The quantitative estimate of drug-likeness (QED) is 0.666. The van der Waals surface area contributed by atoms with Gasteiger partial charge >= 0.3 is 0 Å². The summed E-state index contributed by atoms with van der Waals surface area (Å²) in [6.07, 6.45) is 4.53. The van der Waals surface area contributed by atoms with E-state index in [-0.39, 0.29) is 30.1 Å². The molecule has 0 spiro atoms. The number of amides is 3. The first kappa shape index (κ1) is 14.5. The van der Waals surface area contributed by atoms with E-state index in [1.807, 2.05) is 42.5 Å². The molecule has 22 heavy (non-hydrogen) atoms. The van der Waals surface area contributed by atoms with Crippen LogP contribution in [0.1, 0.15) is 12.0 Å². The summed E-state index contributed by atoms with van der Waals surface area (Å²) in [4.78, 5) is 37.6. The highest BCUT2D eigenvalue weighted by Crippen LogP contribution is 2.34. The first-order valence-electron chi connectivity index (χ1n) is 7.39. The van der Waals surface area contributed by atoms with E-state index in [4.69, 9.17) is 0 Å². The third kappa shape index (κ3) is 2.54. The fourth-order valence-electron chi connectivity index (χ4n) is 3.21. The number of carbonyl (C=O) groups is 3. The molecule has 1 aromatic carbocycles. The summed E-state index contributed by atoms with van der Waals surface area (Å²) in [5.74, 6) is -1.31. The third-order valence-electron chi connectivity index (χ3n) is 4.35. The van der Waals surface area contributed by atoms with Crippen LogP contribution in [0.3, 0.4) is 0 Å². The van der Waals surface area contributed by atoms with Crippen molar-refractivity contribution in [3.63, 3.8) is 0 Å². The molecule has 3 rings (SSSR count). The Balaban J connectivity index is 1.71. The van der Waals surface area contributed by atoms with E-state index in [2.05, 4.69) is 5.32 Å². The molecule has 3 atom stereocenters. The summed E-state index contributed by atoms with van der Waals surface area (Å²) in [6, 6.07) is 9.03. The first-order valence-corrected chi connectivity index (χ1v) is 7.39. The Hall–Kier alpha value is -2.43. The molecule has 3 unspecified atom stereocenters. The molecule has 0 radical (unpaired) electrons. The van der Waals surface area contributed by atoms with Crippen LogP contribution in [0.15, 0.2) is 42.5 Å². The minimum absolute atomic E-state index is 0.142. The molecule has 1 aliphatic heterocycles. The Morgan fingerprint density at radius 1 is 1.23 bits per heavy atom. The molecule has 1 heterocycles. The predicted octanol–water partition coefficient (Wildman–Crippen LogP) is 0.905. The molecule has 114 valence electrons. The average Bonchev–Trinajstić information content (AvgIpc) is 2.74. The minimum atomic E-state index is -0.470. The van der Waals surface area contributed by atoms with Crippen LogP contribution in [0.25, 0.3) is 0 Å². The molecule has 1 aromatic rings. The van der Waals surface area contributed by atoms with Gasteiger partial charge < -0.3 is 5.32 Å². The molecular formula is C17H18N2O3. The first-order chi connectivity index (χ1) is 10.6. The summed E-state index contributed by atoms with van der Waals surface area (Å²) in [5.41, 5.74) is 0.919. The number of hydrogen-bond donors (Lipinski definition) is 1. The molecule has 3 amide bonds. The van der Waals surface area contributed by atoms with Gasteiger partial charge in [-0.05, 0) is 12.0 Å². The summed E-state index contributed by atoms with van der Waals surface area (Å²) >= 11 is 0. The number of carbonyl (C=O) groups excluding carboxylic acids is 3. The second kappa shape index (κ2) is 5.75. The number of hydrogen-bond acceptors (Lipinski definition) is 3. The molecule has 0 saturated carbocycles. The van der Waals surface area contributed by atoms with Crippen LogP contribution in [0.4, 0.5) is 0 Å². The van der Waals surface area contributed by atoms with Gasteiger partial charge in [0.1, 0.15) is 0 Å². The van der Waals surface area contributed by atoms with Crippen LogP contribution in [-0.4, -0.2) is 35.7 Å². The Morgan fingerprint density at radius 2 is 1.95 bits per heavy atom. The zero-order valence-electron chi connectivity index (χ0n) is 12.4. The largest absolute Gasteiger partial charge is 0.349 e. The van der Waals surface area contributed by atoms with Crippen molar-refractivity contribution in [3.05, 3.63) is 48.0 Å². The normalized spacial score (nSPS) is 27.0. The zero-order chi connectivity index (χ0) is 15.7. The van der Waals surface area contributed by atoms with Gasteiger partial charge in [-0.3, -0.25) is 19.3 Å². The maximum absolute atomic E-state index is 12.2. The van der Waals surface area contributed by atoms with Gasteiger partial charge in [-0.25, -0.2) is 0 Å². The summed E-state index contributed by atoms with van der Waals surface area (Å²) in [7, 11) is 1.51. The van der Waals surface area contributed by atoms with Crippen molar-refractivity contribution in [1.82, 2.24) is 10.2 Å². The van der Waals surface area contributed by atoms with E-state index in [1.165, 1.54) is 11.9 Å². The highest BCUT2D eigenvalue weighted by atomic mass is 16.2. The van der Waals surface area contributed by atoms with Crippen molar-refractivity contribution in [2.45, 2.75) is 18.9 Å². The molecule has 5 nitrogen and oxygen atoms in total. The van der Waals surface area contributed by atoms with Gasteiger partial charge in [0.25, 0.3) is 0 Å². The van der Waals surface area contributed by atoms with E-state index in [0.29, 0.717) is 6.42 Å². The van der Waals surface area contributed by atoms with E-state index in [9.17, 15) is 14.4 Å². The summed E-state index contributed by atoms with van der Waals surface area (Å²) in [5, 5.41) is 2.88. The van der Waals surface area contributed by atoms with Crippen LogP contribution in [-0.2, 0) is 20.8 Å². The van der Waals surface area contributed by atoms with Gasteiger partial charge in [-0.2, -0.15) is 0 Å². The number of nitrogens with one attached hydrogen (secondary N) is 1. The highest BCUT2D eigenvalue weighted by Gasteiger charge is 2.49. The van der Waals surface area contributed by atoms with E-state index in [1.54, 1.807) is 0 Å². The van der Waals surface area contributed by atoms with Gasteiger partial charge in [0, 0.05) is 7.05 Å². The fraction of sp³-hybridized carbons (Fsp3) is 0.353. The van der Waals surface area contributed by atoms with Gasteiger partial charge in [-0.15, -0.1) is 0 Å². The molecule has 0 aromatic heterocycles. The number of allylic oxidation sites excluding steroid dienone is 1. The van der Waals surface area contributed by atoms with Crippen LogP contribution in [0.5, 0.6) is 0 Å². The number of fused-ring (bicyclic) bond motifs is 1. The summed E-state index contributed by atoms with van der Waals surface area (Å²) < 4.78 is 0. The van der Waals surface area contributed by atoms with E-state index in [0.717, 1.165) is 5.56 Å². The van der Waals surface area contributed by atoms with Crippen molar-refractivity contribution in [1.29, 1.82) is 0 Å². The SMILES string of the molecule is CN1C(=O)C2CC=CC(NC(=O)Cc3ccccc3)C2C1=O. The molecule has 1 N–H and O–H groups in total. The van der Waals surface area contributed by atoms with Crippen molar-refractivity contribution in [2.24, 2.45) is 11.8 Å². The molecule has 1 aliphatic carbocycles. The van der Waals surface area contributed by atoms with Crippen molar-refractivity contribution >= 4 is 17.7 Å². The van der Waals surface area contributed by atoms with Crippen LogP contribution in [0, 0.1) is 11.8 Å². The number of rotatable bonds is 3. The number of nitrogens with zero attached hydrogens (tertiary/aromatic N) is 1. The average molecular weight is 298 g/mol. The Morgan fingerprint density at radius 3 is 2.68 bits per heavy atom. The minimum Gasteiger partial charge on any atom is -0.349 e. The molecule has 5 heteroatoms. The molecule has 2 aliphatic rings. The maximum atomic E-state index is 12.2. The standard InChI is InChI=1S/C17H18N2O3/c1-19-16(21)12-8-5-9-13(15(12)17(19)22)18-14(20)10-11-6-3-2-4-7-11/h2-7,9,12-13,15H,8,10H2,1H3,(H,18,20). The number of benzene rings is 1. The van der Waals surface area contributed by atoms with E-state index >= 15 is 0 Å². The lowest BCUT2D eigenvalue weighted by Gasteiger charge is -2.27. The van der Waals surface area contributed by atoms with Crippen molar-refractivity contribution in [2.75, 3.05) is 7.05 Å². The Bertz CT molecular complexity index is 639. The van der Waals surface area contributed by atoms with Gasteiger partial charge in [-0.1, -0.05) is 42.5 Å². The third-order valence-corrected chi connectivity index (χ3v) is 4.35. The lowest BCUT2D eigenvalue weighted by atomic mass is 9.81. The lowest BCUT2D eigenvalue weighted by molar-refractivity contribution is -0.138. The topological polar surface area (TPSA) is 66.5 Å². The Kier molecular flexibility index (Phi) is 3.79. The van der Waals surface area contributed by atoms with Gasteiger partial charge in [0.05, 0.1) is 24.3 Å². The molecule has 0 bridgehead atoms. The van der Waals surface area contributed by atoms with Gasteiger partial charge in [0.2, 0.25) is 17.7 Å². The predicted molar refractivity (Wildman–Crippen MR) is 80.6 cm³/mol. The van der Waals surface area contributed by atoms with Crippen LogP contribution in [0.2, 0.25) is 0 Å². The Labute approximate surface area is 129 Å². The van der Waals surface area contributed by atoms with Crippen molar-refractivity contribution in [3.8, 4) is 0 Å². The van der Waals surface area contributed by atoms with Crippen molar-refractivity contribution < 1.29 is 14.4 Å². The number of likely N-dealkylation sites (tertiary alicyclic amines) is 1. The molecule has 1 fully saturated rings. The lowest BCUT2D eigenvalue weighted by Crippen LogP contribution is -2.45. The smallest absolute Gasteiger partial charge is 0.235 e. The maximum Gasteiger partial charge on any atom is 0.235 e. The summed E-state index contributed by atoms with van der Waals surface area (Å²) in [6.45, 7) is 0. The van der Waals surface area contributed by atoms with Gasteiger partial charge in [0.15, 0.2) is 0 Å². The number of imide groups is 1. The fourth-order valence-corrected chi connectivity index (χ4v) is 3.21. The van der Waals surface area contributed by atoms with E-state index < -0.39 is 12.0 Å².